The molecule has 1 heterocycles. The van der Waals surface area contributed by atoms with Gasteiger partial charge in [0.1, 0.15) is 0 Å². The Balaban J connectivity index is 1.31. The van der Waals surface area contributed by atoms with Gasteiger partial charge >= 0.3 is 0 Å². The molecule has 0 aliphatic heterocycles. The molecule has 1 aliphatic rings. The Kier molecular flexibility index (Phi) is 5.16. The van der Waals surface area contributed by atoms with E-state index in [0.29, 0.717) is 6.04 Å². The predicted octanol–water partition coefficient (Wildman–Crippen LogP) is 4.71. The van der Waals surface area contributed by atoms with Crippen LogP contribution in [0.25, 0.3) is 10.8 Å². The van der Waals surface area contributed by atoms with Crippen LogP contribution in [0.15, 0.2) is 60.9 Å². The molecule has 1 fully saturated rings. The van der Waals surface area contributed by atoms with E-state index in [1.54, 1.807) is 0 Å². The summed E-state index contributed by atoms with van der Waals surface area (Å²) in [5.41, 5.74) is 9.46. The zero-order chi connectivity index (χ0) is 17.8. The number of hydrogen-bond donors (Lipinski definition) is 2. The van der Waals surface area contributed by atoms with Gasteiger partial charge in [-0.25, -0.2) is 0 Å². The molecular weight excluding hydrogens is 318 g/mol. The van der Waals surface area contributed by atoms with Crippen LogP contribution in [-0.2, 0) is 13.0 Å². The maximum absolute atomic E-state index is 5.87. The summed E-state index contributed by atoms with van der Waals surface area (Å²) >= 11 is 0. The number of rotatable bonds is 5. The van der Waals surface area contributed by atoms with Gasteiger partial charge in [-0.3, -0.25) is 4.98 Å². The van der Waals surface area contributed by atoms with Crippen molar-refractivity contribution in [2.75, 3.05) is 5.73 Å². The molecule has 1 aromatic heterocycles. The first-order valence-corrected chi connectivity index (χ1v) is 9.67. The van der Waals surface area contributed by atoms with Crippen molar-refractivity contribution < 1.29 is 0 Å². The fourth-order valence-electron chi connectivity index (χ4n) is 4.21. The minimum atomic E-state index is 0.629. The first kappa shape index (κ1) is 17.0. The molecule has 0 unspecified atom stereocenters. The fraction of sp³-hybridized carbons (Fsp3) is 0.348. The van der Waals surface area contributed by atoms with E-state index in [0.717, 1.165) is 18.2 Å². The average Bonchev–Trinajstić information content (AvgIpc) is 2.68. The van der Waals surface area contributed by atoms with Crippen LogP contribution in [0.3, 0.4) is 0 Å². The van der Waals surface area contributed by atoms with Crippen molar-refractivity contribution in [2.24, 2.45) is 5.92 Å². The number of anilines is 1. The third-order valence-electron chi connectivity index (χ3n) is 5.67. The average molecular weight is 345 g/mol. The number of nitrogens with zero attached hydrogens (tertiary/aromatic N) is 1. The van der Waals surface area contributed by atoms with E-state index < -0.39 is 0 Å². The van der Waals surface area contributed by atoms with Gasteiger partial charge in [-0.15, -0.1) is 0 Å². The van der Waals surface area contributed by atoms with Crippen molar-refractivity contribution in [2.45, 2.75) is 44.7 Å². The normalized spacial score (nSPS) is 20.3. The number of nitrogen functional groups attached to an aromatic ring is 1. The van der Waals surface area contributed by atoms with Crippen molar-refractivity contribution in [3.8, 4) is 0 Å². The summed E-state index contributed by atoms with van der Waals surface area (Å²) in [4.78, 5) is 4.25. The summed E-state index contributed by atoms with van der Waals surface area (Å²) in [6.07, 6.45) is 10.2. The Morgan fingerprint density at radius 2 is 1.85 bits per heavy atom. The zero-order valence-electron chi connectivity index (χ0n) is 15.2. The summed E-state index contributed by atoms with van der Waals surface area (Å²) in [5, 5.41) is 6.33. The van der Waals surface area contributed by atoms with Crippen LogP contribution in [0.2, 0.25) is 0 Å². The van der Waals surface area contributed by atoms with Gasteiger partial charge in [0.25, 0.3) is 0 Å². The second-order valence-corrected chi connectivity index (χ2v) is 7.56. The first-order valence-electron chi connectivity index (χ1n) is 9.67. The molecule has 0 bridgehead atoms. The smallest absolute Gasteiger partial charge is 0.0346 e. The van der Waals surface area contributed by atoms with E-state index in [4.69, 9.17) is 5.73 Å². The molecule has 3 nitrogen and oxygen atoms in total. The van der Waals surface area contributed by atoms with Gasteiger partial charge in [0.15, 0.2) is 0 Å². The molecule has 0 radical (unpaired) electrons. The van der Waals surface area contributed by atoms with E-state index in [9.17, 15) is 0 Å². The van der Waals surface area contributed by atoms with Gasteiger partial charge in [-0.05, 0) is 72.7 Å². The van der Waals surface area contributed by atoms with Gasteiger partial charge < -0.3 is 11.1 Å². The van der Waals surface area contributed by atoms with Crippen LogP contribution in [0, 0.1) is 5.92 Å². The van der Waals surface area contributed by atoms with Crippen molar-refractivity contribution in [1.82, 2.24) is 10.3 Å². The van der Waals surface area contributed by atoms with Crippen LogP contribution < -0.4 is 11.1 Å². The van der Waals surface area contributed by atoms with Gasteiger partial charge in [-0.2, -0.15) is 0 Å². The Bertz CT molecular complexity index is 861. The monoisotopic (exact) mass is 345 g/mol. The molecule has 3 N–H and O–H groups in total. The molecule has 0 spiro atoms. The second-order valence-electron chi connectivity index (χ2n) is 7.56. The maximum atomic E-state index is 5.87. The maximum Gasteiger partial charge on any atom is 0.0346 e. The Hall–Kier alpha value is -2.39. The number of fused-ring (bicyclic) bond motifs is 1. The van der Waals surface area contributed by atoms with Crippen molar-refractivity contribution in [3.63, 3.8) is 0 Å². The highest BCUT2D eigenvalue weighted by Gasteiger charge is 2.21. The topological polar surface area (TPSA) is 50.9 Å². The Morgan fingerprint density at radius 3 is 2.69 bits per heavy atom. The molecule has 0 atom stereocenters. The van der Waals surface area contributed by atoms with Gasteiger partial charge in [0.2, 0.25) is 0 Å². The molecule has 26 heavy (non-hydrogen) atoms. The van der Waals surface area contributed by atoms with Crippen molar-refractivity contribution >= 4 is 16.5 Å². The van der Waals surface area contributed by atoms with Crippen molar-refractivity contribution in [3.05, 3.63) is 72.1 Å². The number of aromatic nitrogens is 1. The highest BCUT2D eigenvalue weighted by Crippen LogP contribution is 2.30. The lowest BCUT2D eigenvalue weighted by molar-refractivity contribution is 0.290. The predicted molar refractivity (Wildman–Crippen MR) is 109 cm³/mol. The summed E-state index contributed by atoms with van der Waals surface area (Å²) in [5.74, 6) is 0.791. The molecule has 134 valence electrons. The van der Waals surface area contributed by atoms with Crippen LogP contribution in [-0.4, -0.2) is 11.0 Å². The number of nitrogens with two attached hydrogens (primary N) is 1. The van der Waals surface area contributed by atoms with Gasteiger partial charge in [0.05, 0.1) is 0 Å². The third-order valence-corrected chi connectivity index (χ3v) is 5.67. The summed E-state index contributed by atoms with van der Waals surface area (Å²) in [6.45, 7) is 0.913. The lowest BCUT2D eigenvalue weighted by atomic mass is 9.81. The number of nitrogens with one attached hydrogen (secondary N) is 1. The molecule has 3 aromatic rings. The Morgan fingerprint density at radius 1 is 1.00 bits per heavy atom. The lowest BCUT2D eigenvalue weighted by Gasteiger charge is -2.29. The third kappa shape index (κ3) is 4.05. The minimum Gasteiger partial charge on any atom is -0.399 e. The standard InChI is InChI=1S/C23H27N3/c24-21-6-1-3-18(14-21)15-26-22-9-7-17(8-10-22)13-19-4-2-5-20-16-25-12-11-23(19)20/h1-6,11-12,14,16-17,22,26H,7-10,13,15,24H2. The van der Waals surface area contributed by atoms with Crippen molar-refractivity contribution in [1.29, 1.82) is 0 Å². The highest BCUT2D eigenvalue weighted by atomic mass is 14.9. The number of hydrogen-bond acceptors (Lipinski definition) is 3. The molecule has 3 heteroatoms. The summed E-state index contributed by atoms with van der Waals surface area (Å²) in [6, 6.07) is 17.6. The lowest BCUT2D eigenvalue weighted by Crippen LogP contribution is -2.33. The Labute approximate surface area is 155 Å². The molecule has 2 aromatic carbocycles. The minimum absolute atomic E-state index is 0.629. The molecule has 1 aliphatic carbocycles. The zero-order valence-corrected chi connectivity index (χ0v) is 15.2. The highest BCUT2D eigenvalue weighted by molar-refractivity contribution is 5.84. The van der Waals surface area contributed by atoms with E-state index in [1.165, 1.54) is 54.0 Å². The van der Waals surface area contributed by atoms with E-state index in [1.807, 2.05) is 24.5 Å². The quantitative estimate of drug-likeness (QED) is 0.659. The largest absolute Gasteiger partial charge is 0.399 e. The van der Waals surface area contributed by atoms with E-state index in [2.05, 4.69) is 46.7 Å². The molecule has 0 saturated heterocycles. The van der Waals surface area contributed by atoms with Crippen LogP contribution in [0.4, 0.5) is 5.69 Å². The summed E-state index contributed by atoms with van der Waals surface area (Å²) in [7, 11) is 0. The first-order chi connectivity index (χ1) is 12.8. The number of benzene rings is 2. The van der Waals surface area contributed by atoms with E-state index in [-0.39, 0.29) is 0 Å². The number of pyridine rings is 1. The fourth-order valence-corrected chi connectivity index (χ4v) is 4.21. The molecule has 0 amide bonds. The SMILES string of the molecule is Nc1cccc(CNC2CCC(Cc3cccc4cnccc34)CC2)c1. The van der Waals surface area contributed by atoms with Gasteiger partial charge in [0, 0.05) is 36.1 Å². The molecule has 1 saturated carbocycles. The molecular formula is C23H27N3. The van der Waals surface area contributed by atoms with Crippen LogP contribution >= 0.6 is 0 Å². The second kappa shape index (κ2) is 7.88. The van der Waals surface area contributed by atoms with Gasteiger partial charge in [-0.1, -0.05) is 30.3 Å². The van der Waals surface area contributed by atoms with Crippen LogP contribution in [0.5, 0.6) is 0 Å². The molecule has 4 rings (SSSR count). The van der Waals surface area contributed by atoms with Crippen LogP contribution in [0.1, 0.15) is 36.8 Å². The van der Waals surface area contributed by atoms with E-state index >= 15 is 0 Å². The summed E-state index contributed by atoms with van der Waals surface area (Å²) < 4.78 is 0.